The predicted molar refractivity (Wildman–Crippen MR) is 99.4 cm³/mol. The zero-order valence-corrected chi connectivity index (χ0v) is 15.4. The van der Waals surface area contributed by atoms with Crippen LogP contribution in [-0.4, -0.2) is 39.3 Å². The summed E-state index contributed by atoms with van der Waals surface area (Å²) in [6.07, 6.45) is 7.50. The smallest absolute Gasteiger partial charge is 0.191 e. The van der Waals surface area contributed by atoms with Gasteiger partial charge < -0.3 is 15.4 Å². The van der Waals surface area contributed by atoms with Gasteiger partial charge in [0.1, 0.15) is 0 Å². The summed E-state index contributed by atoms with van der Waals surface area (Å²) >= 11 is 1.81. The summed E-state index contributed by atoms with van der Waals surface area (Å²) in [6, 6.07) is 4.29. The van der Waals surface area contributed by atoms with Gasteiger partial charge in [-0.05, 0) is 49.5 Å². The van der Waals surface area contributed by atoms with E-state index in [1.54, 1.807) is 0 Å². The Morgan fingerprint density at radius 3 is 2.83 bits per heavy atom. The van der Waals surface area contributed by atoms with Gasteiger partial charge in [0.25, 0.3) is 0 Å². The number of thiophene rings is 1. The average molecular weight is 338 g/mol. The topological polar surface area (TPSA) is 45.6 Å². The number of rotatable bonds is 9. The Morgan fingerprint density at radius 1 is 1.35 bits per heavy atom. The summed E-state index contributed by atoms with van der Waals surface area (Å²) in [5, 5.41) is 9.11. The van der Waals surface area contributed by atoms with Crippen molar-refractivity contribution in [2.45, 2.75) is 45.4 Å². The van der Waals surface area contributed by atoms with E-state index in [9.17, 15) is 0 Å². The van der Waals surface area contributed by atoms with Gasteiger partial charge in [0.15, 0.2) is 5.96 Å². The van der Waals surface area contributed by atoms with E-state index < -0.39 is 0 Å². The minimum Gasteiger partial charge on any atom is -0.382 e. The maximum atomic E-state index is 5.59. The van der Waals surface area contributed by atoms with Crippen molar-refractivity contribution in [3.8, 4) is 0 Å². The van der Waals surface area contributed by atoms with Gasteiger partial charge in [0.2, 0.25) is 0 Å². The Balaban J connectivity index is 1.73. The van der Waals surface area contributed by atoms with Crippen LogP contribution in [0.3, 0.4) is 0 Å². The SMILES string of the molecule is CCOCCC1(CNC(=NC)NCCc2cccs2)CCCC1. The first-order valence-electron chi connectivity index (χ1n) is 8.83. The molecule has 1 aliphatic carbocycles. The van der Waals surface area contributed by atoms with Gasteiger partial charge >= 0.3 is 0 Å². The Hall–Kier alpha value is -1.07. The fraction of sp³-hybridized carbons (Fsp3) is 0.722. The minimum absolute atomic E-state index is 0.389. The molecule has 23 heavy (non-hydrogen) atoms. The first kappa shape index (κ1) is 18.3. The molecule has 0 aromatic carbocycles. The lowest BCUT2D eigenvalue weighted by Gasteiger charge is -2.30. The molecule has 1 aromatic rings. The van der Waals surface area contributed by atoms with Crippen molar-refractivity contribution in [2.75, 3.05) is 33.4 Å². The fourth-order valence-corrected chi connectivity index (χ4v) is 4.03. The van der Waals surface area contributed by atoms with Crippen LogP contribution in [-0.2, 0) is 11.2 Å². The summed E-state index contributed by atoms with van der Waals surface area (Å²) in [5.41, 5.74) is 0.389. The third-order valence-corrected chi connectivity index (χ3v) is 5.68. The van der Waals surface area contributed by atoms with Crippen LogP contribution in [0.4, 0.5) is 0 Å². The van der Waals surface area contributed by atoms with Crippen LogP contribution >= 0.6 is 11.3 Å². The van der Waals surface area contributed by atoms with Crippen molar-refractivity contribution in [1.29, 1.82) is 0 Å². The lowest BCUT2D eigenvalue weighted by molar-refractivity contribution is 0.105. The Labute approximate surface area is 144 Å². The van der Waals surface area contributed by atoms with Crippen molar-refractivity contribution < 1.29 is 4.74 Å². The summed E-state index contributed by atoms with van der Waals surface area (Å²) in [6.45, 7) is 5.68. The van der Waals surface area contributed by atoms with Gasteiger partial charge in [-0.2, -0.15) is 0 Å². The molecule has 0 unspecified atom stereocenters. The van der Waals surface area contributed by atoms with E-state index in [4.69, 9.17) is 4.74 Å². The molecule has 1 saturated carbocycles. The zero-order chi connectivity index (χ0) is 16.4. The molecule has 1 aliphatic rings. The van der Waals surface area contributed by atoms with Crippen LogP contribution in [0.5, 0.6) is 0 Å². The molecule has 5 heteroatoms. The molecule has 0 amide bonds. The molecular formula is C18H31N3OS. The molecule has 0 atom stereocenters. The van der Waals surface area contributed by atoms with Crippen LogP contribution < -0.4 is 10.6 Å². The summed E-state index contributed by atoms with van der Waals surface area (Å²) < 4.78 is 5.59. The second-order valence-electron chi connectivity index (χ2n) is 6.34. The molecule has 1 fully saturated rings. The van der Waals surface area contributed by atoms with Crippen LogP contribution in [0.25, 0.3) is 0 Å². The fourth-order valence-electron chi connectivity index (χ4n) is 3.32. The quantitative estimate of drug-likeness (QED) is 0.412. The molecule has 0 aliphatic heterocycles. The number of hydrogen-bond donors (Lipinski definition) is 2. The van der Waals surface area contributed by atoms with Crippen molar-refractivity contribution >= 4 is 17.3 Å². The van der Waals surface area contributed by atoms with E-state index in [1.165, 1.54) is 30.6 Å². The Kier molecular flexibility index (Phi) is 7.89. The zero-order valence-electron chi connectivity index (χ0n) is 14.6. The lowest BCUT2D eigenvalue weighted by Crippen LogP contribution is -2.43. The monoisotopic (exact) mass is 337 g/mol. The van der Waals surface area contributed by atoms with E-state index >= 15 is 0 Å². The molecule has 1 aromatic heterocycles. The third kappa shape index (κ3) is 6.15. The van der Waals surface area contributed by atoms with Gasteiger partial charge in [-0.1, -0.05) is 18.9 Å². The first-order chi connectivity index (χ1) is 11.3. The second-order valence-corrected chi connectivity index (χ2v) is 7.37. The molecule has 0 saturated heterocycles. The van der Waals surface area contributed by atoms with Crippen molar-refractivity contribution in [1.82, 2.24) is 10.6 Å². The maximum Gasteiger partial charge on any atom is 0.191 e. The largest absolute Gasteiger partial charge is 0.382 e. The van der Waals surface area contributed by atoms with Gasteiger partial charge in [-0.25, -0.2) is 0 Å². The highest BCUT2D eigenvalue weighted by atomic mass is 32.1. The highest BCUT2D eigenvalue weighted by Gasteiger charge is 2.33. The maximum absolute atomic E-state index is 5.59. The number of hydrogen-bond acceptors (Lipinski definition) is 3. The van der Waals surface area contributed by atoms with Crippen molar-refractivity contribution in [2.24, 2.45) is 10.4 Å². The molecule has 1 heterocycles. The standard InChI is InChI=1S/C18H31N3OS/c1-3-22-13-11-18(9-4-5-10-18)15-21-17(19-2)20-12-8-16-7-6-14-23-16/h6-7,14H,3-5,8-13,15H2,1-2H3,(H2,19,20,21). The number of ether oxygens (including phenoxy) is 1. The summed E-state index contributed by atoms with van der Waals surface area (Å²) in [5.74, 6) is 0.921. The molecule has 2 N–H and O–H groups in total. The molecule has 2 rings (SSSR count). The first-order valence-corrected chi connectivity index (χ1v) is 9.70. The number of aliphatic imine (C=N–C) groups is 1. The molecular weight excluding hydrogens is 306 g/mol. The predicted octanol–water partition coefficient (Wildman–Crippen LogP) is 3.44. The number of guanidine groups is 1. The second kappa shape index (κ2) is 9.93. The van der Waals surface area contributed by atoms with E-state index in [0.717, 1.165) is 45.1 Å². The summed E-state index contributed by atoms with van der Waals surface area (Å²) in [4.78, 5) is 5.78. The molecule has 4 nitrogen and oxygen atoms in total. The Morgan fingerprint density at radius 2 is 2.17 bits per heavy atom. The number of nitrogens with zero attached hydrogens (tertiary/aromatic N) is 1. The van der Waals surface area contributed by atoms with Crippen molar-refractivity contribution in [3.05, 3.63) is 22.4 Å². The van der Waals surface area contributed by atoms with Crippen LogP contribution in [0.15, 0.2) is 22.5 Å². The van der Waals surface area contributed by atoms with Gasteiger partial charge in [-0.15, -0.1) is 11.3 Å². The lowest BCUT2D eigenvalue weighted by atomic mass is 9.83. The third-order valence-electron chi connectivity index (χ3n) is 4.74. The summed E-state index contributed by atoms with van der Waals surface area (Å²) in [7, 11) is 1.85. The van der Waals surface area contributed by atoms with E-state index in [0.29, 0.717) is 5.41 Å². The minimum atomic E-state index is 0.389. The molecule has 0 bridgehead atoms. The highest BCUT2D eigenvalue weighted by molar-refractivity contribution is 7.09. The molecule has 0 spiro atoms. The normalized spacial score (nSPS) is 17.4. The van der Waals surface area contributed by atoms with Gasteiger partial charge in [0.05, 0.1) is 0 Å². The Bertz CT molecular complexity index is 453. The van der Waals surface area contributed by atoms with Crippen molar-refractivity contribution in [3.63, 3.8) is 0 Å². The molecule has 130 valence electrons. The van der Waals surface area contributed by atoms with E-state index in [-0.39, 0.29) is 0 Å². The van der Waals surface area contributed by atoms with Gasteiger partial charge in [-0.3, -0.25) is 4.99 Å². The molecule has 0 radical (unpaired) electrons. The van der Waals surface area contributed by atoms with Crippen LogP contribution in [0.2, 0.25) is 0 Å². The van der Waals surface area contributed by atoms with Crippen LogP contribution in [0, 0.1) is 5.41 Å². The average Bonchev–Trinajstić information content (AvgIpc) is 3.23. The van der Waals surface area contributed by atoms with Crippen LogP contribution in [0.1, 0.15) is 43.9 Å². The van der Waals surface area contributed by atoms with E-state index in [1.807, 2.05) is 18.4 Å². The highest BCUT2D eigenvalue weighted by Crippen LogP contribution is 2.40. The van der Waals surface area contributed by atoms with E-state index in [2.05, 4.69) is 40.1 Å². The number of nitrogens with one attached hydrogen (secondary N) is 2. The van der Waals surface area contributed by atoms with Gasteiger partial charge in [0, 0.05) is 38.2 Å².